The molecule has 11 aromatic rings. The number of fused-ring (bicyclic) bond motifs is 5. The van der Waals surface area contributed by atoms with Gasteiger partial charge in [0.2, 0.25) is 0 Å². The summed E-state index contributed by atoms with van der Waals surface area (Å²) in [6.07, 6.45) is 1.63. The van der Waals surface area contributed by atoms with Crippen LogP contribution in [0.5, 0.6) is 5.75 Å². The number of benzene rings is 7. The van der Waals surface area contributed by atoms with Gasteiger partial charge in [-0.3, -0.25) is 9.55 Å². The van der Waals surface area contributed by atoms with E-state index in [2.05, 4.69) is 191 Å². The fraction of sp³-hybridized carbons (Fsp3) is 0.246. The van der Waals surface area contributed by atoms with Crippen LogP contribution in [0, 0.1) is 6.07 Å². The van der Waals surface area contributed by atoms with Crippen molar-refractivity contribution in [2.24, 2.45) is 0 Å². The first-order valence-corrected chi connectivity index (χ1v) is 25.0. The van der Waals surface area contributed by atoms with Crippen molar-refractivity contribution in [3.05, 3.63) is 174 Å². The smallest absolute Gasteiger partial charge is 0.181 e. The first-order chi connectivity index (χ1) is 34.1. The molecule has 0 bridgehead atoms. The van der Waals surface area contributed by atoms with Gasteiger partial charge in [0.15, 0.2) is 11.2 Å². The molecule has 0 aliphatic heterocycles. The molecule has 7 nitrogen and oxygen atoms in total. The second-order valence-electron chi connectivity index (χ2n) is 23.5. The van der Waals surface area contributed by atoms with Gasteiger partial charge in [-0.15, -0.1) is 29.3 Å². The SMILES string of the molecule is CC(C)(C)c1cc(-c2ncnc3c(-c4cc5oc6ccccc6c5o4)cccc23)[c-]c(-c2cccc3c2nc(-c2cc(C(C)(C)C)cc(C(C)(C)C)c2O)n3-c2ccc(C(C)(C)C)cc2-c2ccccc2)c1.[Pt]. The topological polar surface area (TPSA) is 90.1 Å². The third-order valence-electron chi connectivity index (χ3n) is 14.2. The molecule has 0 amide bonds. The second-order valence-corrected chi connectivity index (χ2v) is 23.5. The number of para-hydroxylation sites is 3. The molecule has 11 rings (SSSR count). The van der Waals surface area contributed by atoms with Crippen LogP contribution in [0.25, 0.3) is 106 Å². The Hall–Kier alpha value is -7.08. The summed E-state index contributed by atoms with van der Waals surface area (Å²) in [5, 5.41) is 14.5. The minimum Gasteiger partial charge on any atom is -0.507 e. The van der Waals surface area contributed by atoms with Crippen LogP contribution in [0.1, 0.15) is 105 Å². The number of imidazole rings is 1. The van der Waals surface area contributed by atoms with Gasteiger partial charge < -0.3 is 13.9 Å². The number of rotatable bonds is 6. The molecule has 0 fully saturated rings. The second kappa shape index (κ2) is 17.8. The van der Waals surface area contributed by atoms with E-state index in [1.54, 1.807) is 6.33 Å². The third kappa shape index (κ3) is 8.80. The maximum absolute atomic E-state index is 12.6. The third-order valence-corrected chi connectivity index (χ3v) is 14.2. The van der Waals surface area contributed by atoms with Crippen LogP contribution >= 0.6 is 0 Å². The van der Waals surface area contributed by atoms with E-state index in [0.717, 1.165) is 94.4 Å². The van der Waals surface area contributed by atoms with Crippen molar-refractivity contribution in [3.8, 4) is 67.7 Å². The summed E-state index contributed by atoms with van der Waals surface area (Å²) in [6, 6.07) is 52.5. The van der Waals surface area contributed by atoms with E-state index in [1.807, 2.05) is 42.5 Å². The van der Waals surface area contributed by atoms with Crippen molar-refractivity contribution in [2.75, 3.05) is 0 Å². The fourth-order valence-electron chi connectivity index (χ4n) is 10.0. The van der Waals surface area contributed by atoms with Gasteiger partial charge in [0, 0.05) is 49.5 Å². The van der Waals surface area contributed by atoms with Gasteiger partial charge in [-0.2, -0.15) is 0 Å². The van der Waals surface area contributed by atoms with E-state index in [4.69, 9.17) is 23.8 Å². The van der Waals surface area contributed by atoms with Gasteiger partial charge in [0.1, 0.15) is 29.2 Å². The molecule has 4 aromatic heterocycles. The van der Waals surface area contributed by atoms with Crippen LogP contribution in [0.2, 0.25) is 0 Å². The van der Waals surface area contributed by atoms with Crippen LogP contribution in [0.4, 0.5) is 0 Å². The zero-order valence-corrected chi connectivity index (χ0v) is 46.0. The molecule has 0 aliphatic carbocycles. The van der Waals surface area contributed by atoms with Gasteiger partial charge in [-0.05, 0) is 86.2 Å². The molecule has 0 spiro atoms. The predicted octanol–water partition coefficient (Wildman–Crippen LogP) is 17.5. The molecule has 1 N–H and O–H groups in total. The minimum atomic E-state index is -0.352. The van der Waals surface area contributed by atoms with Crippen molar-refractivity contribution in [1.82, 2.24) is 19.5 Å². The molecular formula is C65H61N4O3Pt-. The number of hydrogen-bond donors (Lipinski definition) is 1. The van der Waals surface area contributed by atoms with Crippen LogP contribution < -0.4 is 0 Å². The average molecular weight is 1140 g/mol. The zero-order chi connectivity index (χ0) is 50.6. The van der Waals surface area contributed by atoms with E-state index in [-0.39, 0.29) is 48.5 Å². The standard InChI is InChI=1S/C65H61N4O3.Pt/c1-62(2,3)41-28-29-51(48(33-41)38-20-14-13-15-21-38)69-52-26-19-23-44(58(52)68-61(69)49-34-43(64(7,8)9)35-50(59(49)70)65(10,11)12)39-30-40(32-42(31-39)63(4,5)6)56-47-25-18-24-45(57(47)67-37-66-56)54-36-55-60(72-54)46-22-16-17-27-53(46)71-55;/h13-29,31-37,70H,1-12H3;/q-1;. The number of aromatic nitrogens is 4. The van der Waals surface area contributed by atoms with Gasteiger partial charge in [-0.25, -0.2) is 9.97 Å². The van der Waals surface area contributed by atoms with Crippen molar-refractivity contribution in [3.63, 3.8) is 0 Å². The Morgan fingerprint density at radius 1 is 0.507 bits per heavy atom. The monoisotopic (exact) mass is 1140 g/mol. The Kier molecular flexibility index (Phi) is 12.1. The van der Waals surface area contributed by atoms with Crippen LogP contribution in [-0.2, 0) is 42.7 Å². The molecule has 0 atom stereocenters. The number of phenolic OH excluding ortho intramolecular Hbond substituents is 1. The maximum atomic E-state index is 12.6. The molecular weight excluding hydrogens is 1080 g/mol. The molecule has 0 aliphatic rings. The molecule has 7 aromatic carbocycles. The zero-order valence-electron chi connectivity index (χ0n) is 43.7. The summed E-state index contributed by atoms with van der Waals surface area (Å²) < 4.78 is 15.0. The summed E-state index contributed by atoms with van der Waals surface area (Å²) in [7, 11) is 0. The Morgan fingerprint density at radius 2 is 1.15 bits per heavy atom. The van der Waals surface area contributed by atoms with E-state index in [0.29, 0.717) is 28.3 Å². The van der Waals surface area contributed by atoms with Gasteiger partial charge in [-0.1, -0.05) is 173 Å². The molecule has 0 saturated carbocycles. The normalized spacial score (nSPS) is 12.6. The van der Waals surface area contributed by atoms with E-state index >= 15 is 0 Å². The summed E-state index contributed by atoms with van der Waals surface area (Å²) in [4.78, 5) is 15.6. The number of hydrogen-bond acceptors (Lipinski definition) is 6. The average Bonchev–Trinajstić information content (AvgIpc) is 4.04. The molecule has 370 valence electrons. The minimum absolute atomic E-state index is 0. The van der Waals surface area contributed by atoms with Crippen LogP contribution in [0.3, 0.4) is 0 Å². The van der Waals surface area contributed by atoms with Gasteiger partial charge in [0.05, 0.1) is 33.2 Å². The number of furan rings is 2. The largest absolute Gasteiger partial charge is 0.507 e. The van der Waals surface area contributed by atoms with E-state index < -0.39 is 0 Å². The van der Waals surface area contributed by atoms with Gasteiger partial charge in [0.25, 0.3) is 0 Å². The Labute approximate surface area is 442 Å². The first-order valence-electron chi connectivity index (χ1n) is 25.0. The Bertz CT molecular complexity index is 3920. The molecule has 0 saturated heterocycles. The molecule has 0 unspecified atom stereocenters. The first kappa shape index (κ1) is 49.5. The van der Waals surface area contributed by atoms with Crippen molar-refractivity contribution >= 4 is 44.1 Å². The van der Waals surface area contributed by atoms with Crippen LogP contribution in [-0.4, -0.2) is 24.6 Å². The van der Waals surface area contributed by atoms with Crippen molar-refractivity contribution in [2.45, 2.75) is 105 Å². The number of nitrogens with zero attached hydrogens (tertiary/aromatic N) is 4. The summed E-state index contributed by atoms with van der Waals surface area (Å²) >= 11 is 0. The fourth-order valence-corrected chi connectivity index (χ4v) is 10.0. The van der Waals surface area contributed by atoms with E-state index in [1.165, 1.54) is 5.56 Å². The molecule has 73 heavy (non-hydrogen) atoms. The van der Waals surface area contributed by atoms with E-state index in [9.17, 15) is 5.11 Å². The molecule has 0 radical (unpaired) electrons. The summed E-state index contributed by atoms with van der Waals surface area (Å²) in [5.74, 6) is 1.57. The quantitative estimate of drug-likeness (QED) is 0.167. The van der Waals surface area contributed by atoms with Crippen molar-refractivity contribution in [1.29, 1.82) is 0 Å². The van der Waals surface area contributed by atoms with Crippen molar-refractivity contribution < 1.29 is 35.0 Å². The Morgan fingerprint density at radius 3 is 1.88 bits per heavy atom. The molecule has 4 heterocycles. The number of phenols is 1. The molecule has 8 heteroatoms. The Balaban J connectivity index is 0.00000611. The summed E-state index contributed by atoms with van der Waals surface area (Å²) in [6.45, 7) is 26.6. The maximum Gasteiger partial charge on any atom is 0.181 e. The van der Waals surface area contributed by atoms with Crippen LogP contribution in [0.15, 0.2) is 155 Å². The number of aromatic hydroxyl groups is 1. The predicted molar refractivity (Wildman–Crippen MR) is 296 cm³/mol. The van der Waals surface area contributed by atoms with Gasteiger partial charge >= 0.3 is 0 Å². The summed E-state index contributed by atoms with van der Waals surface area (Å²) in [5.41, 5.74) is 16.2.